The fraction of sp³-hybridized carbons (Fsp3) is 0.350. The number of aromatic nitrogens is 1. The SMILES string of the molecule is CCCCCSc1ccccc1C1=NN(C(=O)c2cccnc2)CC1. The molecule has 2 aromatic rings. The van der Waals surface area contributed by atoms with Crippen molar-refractivity contribution in [1.82, 2.24) is 9.99 Å². The summed E-state index contributed by atoms with van der Waals surface area (Å²) in [5.41, 5.74) is 2.73. The van der Waals surface area contributed by atoms with Crippen LogP contribution < -0.4 is 0 Å². The van der Waals surface area contributed by atoms with E-state index >= 15 is 0 Å². The van der Waals surface area contributed by atoms with Gasteiger partial charge in [0.05, 0.1) is 17.8 Å². The molecule has 25 heavy (non-hydrogen) atoms. The maximum Gasteiger partial charge on any atom is 0.275 e. The molecule has 1 amide bonds. The molecule has 0 saturated heterocycles. The zero-order chi connectivity index (χ0) is 17.5. The summed E-state index contributed by atoms with van der Waals surface area (Å²) in [5.74, 6) is 1.03. The first-order valence-corrected chi connectivity index (χ1v) is 9.79. The lowest BCUT2D eigenvalue weighted by molar-refractivity contribution is 0.0778. The van der Waals surface area contributed by atoms with Crippen molar-refractivity contribution in [2.24, 2.45) is 5.10 Å². The van der Waals surface area contributed by atoms with Crippen LogP contribution in [0.3, 0.4) is 0 Å². The highest BCUT2D eigenvalue weighted by molar-refractivity contribution is 7.99. The minimum absolute atomic E-state index is 0.0869. The molecule has 1 aromatic carbocycles. The molecule has 0 aliphatic carbocycles. The average molecular weight is 353 g/mol. The Morgan fingerprint density at radius 2 is 2.08 bits per heavy atom. The van der Waals surface area contributed by atoms with Crippen LogP contribution in [0.25, 0.3) is 0 Å². The number of rotatable bonds is 7. The largest absolute Gasteiger partial charge is 0.275 e. The van der Waals surface area contributed by atoms with E-state index in [4.69, 9.17) is 0 Å². The van der Waals surface area contributed by atoms with E-state index in [9.17, 15) is 4.79 Å². The van der Waals surface area contributed by atoms with Crippen molar-refractivity contribution in [3.05, 3.63) is 59.9 Å². The van der Waals surface area contributed by atoms with Crippen molar-refractivity contribution < 1.29 is 4.79 Å². The van der Waals surface area contributed by atoms with E-state index in [-0.39, 0.29) is 5.91 Å². The first kappa shape index (κ1) is 17.7. The summed E-state index contributed by atoms with van der Waals surface area (Å²) in [6.45, 7) is 2.84. The summed E-state index contributed by atoms with van der Waals surface area (Å²) in [6.07, 6.45) is 7.78. The van der Waals surface area contributed by atoms with E-state index in [1.807, 2.05) is 17.8 Å². The normalized spacial score (nSPS) is 13.8. The average Bonchev–Trinajstić information content (AvgIpc) is 3.15. The molecule has 1 aromatic heterocycles. The molecule has 1 aliphatic rings. The van der Waals surface area contributed by atoms with Gasteiger partial charge < -0.3 is 0 Å². The summed E-state index contributed by atoms with van der Waals surface area (Å²) >= 11 is 1.89. The second-order valence-electron chi connectivity index (χ2n) is 6.02. The summed E-state index contributed by atoms with van der Waals surface area (Å²) in [5, 5.41) is 6.16. The molecule has 0 radical (unpaired) electrons. The molecule has 3 rings (SSSR count). The Bertz CT molecular complexity index is 746. The van der Waals surface area contributed by atoms with Crippen LogP contribution in [0.15, 0.2) is 58.8 Å². The van der Waals surface area contributed by atoms with Crippen molar-refractivity contribution in [1.29, 1.82) is 0 Å². The monoisotopic (exact) mass is 353 g/mol. The van der Waals surface area contributed by atoms with Crippen molar-refractivity contribution in [2.45, 2.75) is 37.5 Å². The van der Waals surface area contributed by atoms with Crippen LogP contribution in [0.5, 0.6) is 0 Å². The molecular formula is C20H23N3OS. The Hall–Kier alpha value is -2.14. The highest BCUT2D eigenvalue weighted by Crippen LogP contribution is 2.27. The Balaban J connectivity index is 1.73. The second-order valence-corrected chi connectivity index (χ2v) is 7.16. The zero-order valence-corrected chi connectivity index (χ0v) is 15.3. The van der Waals surface area contributed by atoms with E-state index in [1.165, 1.54) is 24.2 Å². The standard InChI is InChI=1S/C20H23N3OS/c1-2-3-6-14-25-19-10-5-4-9-17(19)18-11-13-23(22-18)20(24)16-8-7-12-21-15-16/h4-5,7-10,12,15H,2-3,6,11,13-14H2,1H3. The van der Waals surface area contributed by atoms with Crippen LogP contribution in [-0.4, -0.2) is 33.9 Å². The van der Waals surface area contributed by atoms with E-state index in [0.717, 1.165) is 23.4 Å². The molecule has 0 N–H and O–H groups in total. The van der Waals surface area contributed by atoms with Gasteiger partial charge >= 0.3 is 0 Å². The number of hydrazone groups is 1. The smallest absolute Gasteiger partial charge is 0.267 e. The summed E-state index contributed by atoms with van der Waals surface area (Å²) in [7, 11) is 0. The topological polar surface area (TPSA) is 45.6 Å². The quantitative estimate of drug-likeness (QED) is 0.539. The van der Waals surface area contributed by atoms with Gasteiger partial charge in [0.2, 0.25) is 0 Å². The maximum atomic E-state index is 12.5. The molecule has 0 spiro atoms. The van der Waals surface area contributed by atoms with Gasteiger partial charge in [-0.25, -0.2) is 5.01 Å². The van der Waals surface area contributed by atoms with Gasteiger partial charge in [-0.1, -0.05) is 38.0 Å². The number of nitrogens with zero attached hydrogens (tertiary/aromatic N) is 3. The highest BCUT2D eigenvalue weighted by Gasteiger charge is 2.24. The van der Waals surface area contributed by atoms with Crippen LogP contribution in [-0.2, 0) is 0 Å². The lowest BCUT2D eigenvalue weighted by atomic mass is 10.1. The van der Waals surface area contributed by atoms with E-state index in [0.29, 0.717) is 12.1 Å². The number of thioether (sulfide) groups is 1. The van der Waals surface area contributed by atoms with Gasteiger partial charge in [0.15, 0.2) is 0 Å². The van der Waals surface area contributed by atoms with Gasteiger partial charge in [-0.05, 0) is 30.4 Å². The van der Waals surface area contributed by atoms with Crippen LogP contribution >= 0.6 is 11.8 Å². The van der Waals surface area contributed by atoms with Gasteiger partial charge in [0, 0.05) is 29.3 Å². The predicted molar refractivity (Wildman–Crippen MR) is 103 cm³/mol. The lowest BCUT2D eigenvalue weighted by Crippen LogP contribution is -2.23. The van der Waals surface area contributed by atoms with Crippen LogP contribution in [0, 0.1) is 0 Å². The molecule has 4 nitrogen and oxygen atoms in total. The maximum absolute atomic E-state index is 12.5. The molecule has 0 unspecified atom stereocenters. The van der Waals surface area contributed by atoms with Crippen molar-refractivity contribution in [3.8, 4) is 0 Å². The number of hydrogen-bond acceptors (Lipinski definition) is 4. The molecular weight excluding hydrogens is 330 g/mol. The molecule has 1 aliphatic heterocycles. The lowest BCUT2D eigenvalue weighted by Gasteiger charge is -2.11. The summed E-state index contributed by atoms with van der Waals surface area (Å²) in [6, 6.07) is 11.9. The number of carbonyl (C=O) groups is 1. The number of benzene rings is 1. The fourth-order valence-electron chi connectivity index (χ4n) is 2.80. The molecule has 0 bridgehead atoms. The Labute approximate surface area is 153 Å². The Kier molecular flexibility index (Phi) is 6.23. The van der Waals surface area contributed by atoms with Crippen molar-refractivity contribution >= 4 is 23.4 Å². The third-order valence-electron chi connectivity index (χ3n) is 4.15. The molecule has 0 fully saturated rings. The number of hydrogen-bond donors (Lipinski definition) is 0. The second kappa shape index (κ2) is 8.81. The van der Waals surface area contributed by atoms with Crippen molar-refractivity contribution in [3.63, 3.8) is 0 Å². The molecule has 0 atom stereocenters. The van der Waals surface area contributed by atoms with Gasteiger partial charge in [0.1, 0.15) is 0 Å². The van der Waals surface area contributed by atoms with Gasteiger partial charge in [-0.15, -0.1) is 11.8 Å². The molecule has 2 heterocycles. The number of pyridine rings is 1. The number of carbonyl (C=O) groups excluding carboxylic acids is 1. The van der Waals surface area contributed by atoms with Gasteiger partial charge in [0.25, 0.3) is 5.91 Å². The predicted octanol–water partition coefficient (Wildman–Crippen LogP) is 4.61. The summed E-state index contributed by atoms with van der Waals surface area (Å²) in [4.78, 5) is 17.8. The molecule has 0 saturated carbocycles. The van der Waals surface area contributed by atoms with Crippen LogP contribution in [0.4, 0.5) is 0 Å². The zero-order valence-electron chi connectivity index (χ0n) is 14.5. The first-order valence-electron chi connectivity index (χ1n) is 8.81. The van der Waals surface area contributed by atoms with E-state index in [1.54, 1.807) is 29.5 Å². The minimum Gasteiger partial charge on any atom is -0.267 e. The van der Waals surface area contributed by atoms with E-state index in [2.05, 4.69) is 35.2 Å². The fourth-order valence-corrected chi connectivity index (χ4v) is 3.88. The van der Waals surface area contributed by atoms with Crippen LogP contribution in [0.1, 0.15) is 48.5 Å². The summed E-state index contributed by atoms with van der Waals surface area (Å²) < 4.78 is 0. The highest BCUT2D eigenvalue weighted by atomic mass is 32.2. The third kappa shape index (κ3) is 4.48. The van der Waals surface area contributed by atoms with Crippen molar-refractivity contribution in [2.75, 3.05) is 12.3 Å². The first-order chi connectivity index (χ1) is 12.3. The van der Waals surface area contributed by atoms with E-state index < -0.39 is 0 Å². The number of amides is 1. The van der Waals surface area contributed by atoms with Crippen LogP contribution in [0.2, 0.25) is 0 Å². The molecule has 130 valence electrons. The molecule has 5 heteroatoms. The van der Waals surface area contributed by atoms with Gasteiger partial charge in [-0.2, -0.15) is 5.10 Å². The van der Waals surface area contributed by atoms with Gasteiger partial charge in [-0.3, -0.25) is 9.78 Å². The third-order valence-corrected chi connectivity index (χ3v) is 5.31. The Morgan fingerprint density at radius 1 is 1.20 bits per heavy atom. The Morgan fingerprint density at radius 3 is 2.88 bits per heavy atom. The number of unbranched alkanes of at least 4 members (excludes halogenated alkanes) is 2. The minimum atomic E-state index is -0.0869.